The molecule has 6 nitrogen and oxygen atoms in total. The normalized spacial score (nSPS) is 14.3. The number of carbonyl (C=O) groups is 3. The van der Waals surface area contributed by atoms with Gasteiger partial charge in [-0.2, -0.15) is 0 Å². The minimum absolute atomic E-state index is 0.110. The molecule has 1 heterocycles. The lowest BCUT2D eigenvalue weighted by Gasteiger charge is -2.33. The fraction of sp³-hybridized carbons (Fsp3) is 0.286. The Kier molecular flexibility index (Phi) is 6.37. The molecule has 1 saturated heterocycles. The summed E-state index contributed by atoms with van der Waals surface area (Å²) in [5.41, 5.74) is 1.76. The summed E-state index contributed by atoms with van der Waals surface area (Å²) in [6.45, 7) is 1.73. The van der Waals surface area contributed by atoms with Crippen LogP contribution in [0.1, 0.15) is 17.5 Å². The summed E-state index contributed by atoms with van der Waals surface area (Å²) in [7, 11) is 0. The summed E-state index contributed by atoms with van der Waals surface area (Å²) < 4.78 is 12.9. The first kappa shape index (κ1) is 19.5. The van der Waals surface area contributed by atoms with E-state index in [4.69, 9.17) is 0 Å². The van der Waals surface area contributed by atoms with Crippen molar-refractivity contribution in [3.05, 3.63) is 71.5 Å². The molecule has 0 bridgehead atoms. The monoisotopic (exact) mass is 383 g/mol. The fourth-order valence-corrected chi connectivity index (χ4v) is 3.01. The van der Waals surface area contributed by atoms with Gasteiger partial charge in [-0.1, -0.05) is 42.5 Å². The molecule has 0 aliphatic carbocycles. The maximum absolute atomic E-state index is 12.9. The van der Waals surface area contributed by atoms with Crippen LogP contribution in [0.3, 0.4) is 0 Å². The van der Waals surface area contributed by atoms with Crippen molar-refractivity contribution in [1.82, 2.24) is 15.1 Å². The second-order valence-corrected chi connectivity index (χ2v) is 6.66. The van der Waals surface area contributed by atoms with Gasteiger partial charge in [-0.05, 0) is 23.3 Å². The summed E-state index contributed by atoms with van der Waals surface area (Å²) in [5.74, 6) is -1.67. The second kappa shape index (κ2) is 9.12. The number of nitrogens with one attached hydrogen (secondary N) is 1. The third-order valence-electron chi connectivity index (χ3n) is 4.63. The zero-order valence-electron chi connectivity index (χ0n) is 15.4. The molecule has 1 aliphatic heterocycles. The highest BCUT2D eigenvalue weighted by atomic mass is 19.1. The van der Waals surface area contributed by atoms with Crippen LogP contribution < -0.4 is 5.32 Å². The number of piperazine rings is 1. The van der Waals surface area contributed by atoms with Crippen LogP contribution >= 0.6 is 0 Å². The van der Waals surface area contributed by atoms with E-state index < -0.39 is 11.8 Å². The lowest BCUT2D eigenvalue weighted by atomic mass is 10.2. The summed E-state index contributed by atoms with van der Waals surface area (Å²) in [5, 5.41) is 2.73. The highest BCUT2D eigenvalue weighted by Gasteiger charge is 2.32. The van der Waals surface area contributed by atoms with Gasteiger partial charge in [0.05, 0.1) is 0 Å². The van der Waals surface area contributed by atoms with E-state index in [1.807, 2.05) is 30.3 Å². The Morgan fingerprint density at radius 3 is 2.25 bits per heavy atom. The Hall–Kier alpha value is -3.22. The number of amides is 3. The summed E-state index contributed by atoms with van der Waals surface area (Å²) in [6, 6.07) is 15.4. The van der Waals surface area contributed by atoms with Gasteiger partial charge in [0.25, 0.3) is 0 Å². The molecule has 0 atom stereocenters. The lowest BCUT2D eigenvalue weighted by molar-refractivity contribution is -0.156. The van der Waals surface area contributed by atoms with Crippen molar-refractivity contribution in [3.63, 3.8) is 0 Å². The quantitative estimate of drug-likeness (QED) is 0.740. The molecule has 7 heteroatoms. The van der Waals surface area contributed by atoms with E-state index in [0.717, 1.165) is 11.1 Å². The Balaban J connectivity index is 1.44. The predicted molar refractivity (Wildman–Crippen MR) is 101 cm³/mol. The molecule has 0 aromatic heterocycles. The van der Waals surface area contributed by atoms with Crippen LogP contribution in [0, 0.1) is 5.82 Å². The highest BCUT2D eigenvalue weighted by Crippen LogP contribution is 2.11. The van der Waals surface area contributed by atoms with Crippen LogP contribution in [0.25, 0.3) is 0 Å². The molecule has 1 fully saturated rings. The van der Waals surface area contributed by atoms with Crippen molar-refractivity contribution in [2.24, 2.45) is 0 Å². The Morgan fingerprint density at radius 2 is 1.54 bits per heavy atom. The van der Waals surface area contributed by atoms with Crippen LogP contribution in [-0.2, 0) is 27.5 Å². The fourth-order valence-electron chi connectivity index (χ4n) is 3.01. The van der Waals surface area contributed by atoms with E-state index in [2.05, 4.69) is 5.32 Å². The maximum Gasteiger partial charge on any atom is 0.312 e. The maximum atomic E-state index is 12.9. The minimum atomic E-state index is -0.575. The largest absolute Gasteiger partial charge is 0.352 e. The summed E-state index contributed by atoms with van der Waals surface area (Å²) >= 11 is 0. The summed E-state index contributed by atoms with van der Waals surface area (Å²) in [4.78, 5) is 39.6. The topological polar surface area (TPSA) is 69.7 Å². The predicted octanol–water partition coefficient (Wildman–Crippen LogP) is 1.70. The molecule has 146 valence electrons. The van der Waals surface area contributed by atoms with Crippen LogP contribution in [0.5, 0.6) is 0 Å². The molecule has 0 unspecified atom stereocenters. The van der Waals surface area contributed by atoms with Crippen molar-refractivity contribution in [2.45, 2.75) is 19.5 Å². The van der Waals surface area contributed by atoms with Gasteiger partial charge in [-0.3, -0.25) is 14.4 Å². The molecule has 3 rings (SSSR count). The van der Waals surface area contributed by atoms with Crippen LogP contribution in [-0.4, -0.2) is 47.2 Å². The molecule has 2 aromatic carbocycles. The van der Waals surface area contributed by atoms with Crippen molar-refractivity contribution in [1.29, 1.82) is 0 Å². The number of hydrogen-bond acceptors (Lipinski definition) is 3. The minimum Gasteiger partial charge on any atom is -0.352 e. The first-order valence-electron chi connectivity index (χ1n) is 9.16. The third kappa shape index (κ3) is 5.16. The molecular weight excluding hydrogens is 361 g/mol. The van der Waals surface area contributed by atoms with Gasteiger partial charge in [-0.15, -0.1) is 0 Å². The zero-order valence-corrected chi connectivity index (χ0v) is 15.4. The first-order chi connectivity index (χ1) is 13.5. The molecule has 28 heavy (non-hydrogen) atoms. The molecule has 0 spiro atoms. The molecule has 1 aliphatic rings. The van der Waals surface area contributed by atoms with E-state index in [9.17, 15) is 18.8 Å². The van der Waals surface area contributed by atoms with Gasteiger partial charge < -0.3 is 15.1 Å². The number of rotatable bonds is 7. The molecule has 1 N–H and O–H groups in total. The van der Waals surface area contributed by atoms with E-state index in [1.54, 1.807) is 12.1 Å². The lowest BCUT2D eigenvalue weighted by Crippen LogP contribution is -2.54. The van der Waals surface area contributed by atoms with E-state index in [1.165, 1.54) is 21.9 Å². The van der Waals surface area contributed by atoms with Crippen molar-refractivity contribution >= 4 is 17.7 Å². The summed E-state index contributed by atoms with van der Waals surface area (Å²) in [6.07, 6.45) is 0.110. The Labute approximate surface area is 162 Å². The van der Waals surface area contributed by atoms with E-state index in [0.29, 0.717) is 19.6 Å². The van der Waals surface area contributed by atoms with Gasteiger partial charge in [0.15, 0.2) is 0 Å². The number of hydrogen-bond donors (Lipinski definition) is 1. The van der Waals surface area contributed by atoms with Crippen molar-refractivity contribution in [3.8, 4) is 0 Å². The van der Waals surface area contributed by atoms with Gasteiger partial charge >= 0.3 is 11.8 Å². The SMILES string of the molecule is O=C(CCN1CCN(Cc2ccccc2)C(=O)C1=O)NCc1ccc(F)cc1. The molecular formula is C21H22FN3O3. The van der Waals surface area contributed by atoms with Crippen LogP contribution in [0.15, 0.2) is 54.6 Å². The Morgan fingerprint density at radius 1 is 0.893 bits per heavy atom. The third-order valence-corrected chi connectivity index (χ3v) is 4.63. The average Bonchev–Trinajstić information content (AvgIpc) is 2.71. The zero-order chi connectivity index (χ0) is 19.9. The second-order valence-electron chi connectivity index (χ2n) is 6.66. The van der Waals surface area contributed by atoms with Crippen LogP contribution in [0.4, 0.5) is 4.39 Å². The van der Waals surface area contributed by atoms with Gasteiger partial charge in [0.2, 0.25) is 5.91 Å². The average molecular weight is 383 g/mol. The van der Waals surface area contributed by atoms with Gasteiger partial charge in [0.1, 0.15) is 5.82 Å². The van der Waals surface area contributed by atoms with Crippen molar-refractivity contribution in [2.75, 3.05) is 19.6 Å². The van der Waals surface area contributed by atoms with Crippen molar-refractivity contribution < 1.29 is 18.8 Å². The molecule has 0 radical (unpaired) electrons. The van der Waals surface area contributed by atoms with Gasteiger partial charge in [-0.25, -0.2) is 4.39 Å². The van der Waals surface area contributed by atoms with Gasteiger partial charge in [0, 0.05) is 39.1 Å². The molecule has 2 aromatic rings. The van der Waals surface area contributed by atoms with Crippen LogP contribution in [0.2, 0.25) is 0 Å². The smallest absolute Gasteiger partial charge is 0.312 e. The number of halogens is 1. The van der Waals surface area contributed by atoms with E-state index >= 15 is 0 Å². The molecule has 3 amide bonds. The standard InChI is InChI=1S/C21H22FN3O3/c22-18-8-6-16(7-9-18)14-23-19(26)10-11-24-12-13-25(21(28)20(24)27)15-17-4-2-1-3-5-17/h1-9H,10-15H2,(H,23,26). The number of benzene rings is 2. The Bertz CT molecular complexity index is 840. The number of nitrogens with zero attached hydrogens (tertiary/aromatic N) is 2. The first-order valence-corrected chi connectivity index (χ1v) is 9.16. The van der Waals surface area contributed by atoms with E-state index in [-0.39, 0.29) is 31.2 Å². The number of carbonyl (C=O) groups excluding carboxylic acids is 3. The molecule has 0 saturated carbocycles. The highest BCUT2D eigenvalue weighted by molar-refractivity contribution is 6.35.